The number of nitrogens with two attached hydrogens (primary N) is 1. The normalized spacial score (nSPS) is 14.8. The van der Waals surface area contributed by atoms with Crippen molar-refractivity contribution >= 4 is 71.8 Å². The molecule has 7 N–H and O–H groups in total. The van der Waals surface area contributed by atoms with Gasteiger partial charge in [0, 0.05) is 54.0 Å². The maximum atomic E-state index is 13.6. The summed E-state index contributed by atoms with van der Waals surface area (Å²) < 4.78 is 36.0. The largest absolute Gasteiger partial charge is 0.412 e. The van der Waals surface area contributed by atoms with Gasteiger partial charge in [-0.15, -0.1) is 11.8 Å². The van der Waals surface area contributed by atoms with Crippen molar-refractivity contribution in [2.75, 3.05) is 55.4 Å². The highest BCUT2D eigenvalue weighted by atomic mass is 32.2. The Morgan fingerprint density at radius 3 is 2.49 bits per heavy atom. The van der Waals surface area contributed by atoms with Crippen LogP contribution in [0.2, 0.25) is 0 Å². The highest BCUT2D eigenvalue weighted by Gasteiger charge is 2.27. The van der Waals surface area contributed by atoms with Crippen molar-refractivity contribution in [2.45, 2.75) is 35.6 Å². The number of amides is 2. The minimum Gasteiger partial charge on any atom is -0.412 e. The Kier molecular flexibility index (Phi) is 14.4. The number of nitrogens with zero attached hydrogens (tertiary/aromatic N) is 4. The molecule has 0 aliphatic carbocycles. The van der Waals surface area contributed by atoms with Crippen molar-refractivity contribution in [2.24, 2.45) is 5.92 Å². The van der Waals surface area contributed by atoms with Gasteiger partial charge in [-0.05, 0) is 91.4 Å². The fourth-order valence-corrected chi connectivity index (χ4v) is 10.5. The number of anilines is 2. The molecule has 14 nitrogen and oxygen atoms in total. The number of aromatic nitrogens is 2. The maximum absolute atomic E-state index is 13.6. The lowest BCUT2D eigenvalue weighted by Gasteiger charge is -2.31. The maximum Gasteiger partial charge on any atom is 0.283 e. The molecule has 4 aromatic carbocycles. The summed E-state index contributed by atoms with van der Waals surface area (Å²) in [4.78, 5) is 41.6. The van der Waals surface area contributed by atoms with E-state index in [9.17, 15) is 23.2 Å². The number of benzene rings is 4. The fourth-order valence-electron chi connectivity index (χ4n) is 7.56. The number of hydrogen-bond acceptors (Lipinski definition) is 12. The van der Waals surface area contributed by atoms with E-state index in [1.54, 1.807) is 36.0 Å². The number of nitrogens with one attached hydrogen (secondary N) is 2. The predicted octanol–water partition coefficient (Wildman–Crippen LogP) is 5.06. The van der Waals surface area contributed by atoms with Crippen molar-refractivity contribution in [3.63, 3.8) is 0 Å². The SMILES string of the molecule is O.O=C(NS(=O)(=O)c1ccc(C[C@H](CCN2CCOCC2)CSc2ccccc2)c([NH2+]O)c1)c1cccc(N2CCc3cccc(C(=O)Nc4nc5ccccc5s4)c3C2)n1. The Hall–Kier alpha value is -5.24. The van der Waals surface area contributed by atoms with Crippen LogP contribution < -0.4 is 20.4 Å². The number of thioether (sulfide) groups is 1. The number of sulfonamides is 1. The summed E-state index contributed by atoms with van der Waals surface area (Å²) in [5.41, 5.74) is 5.28. The van der Waals surface area contributed by atoms with E-state index < -0.39 is 15.9 Å². The van der Waals surface area contributed by atoms with Crippen LogP contribution in [0.4, 0.5) is 16.6 Å². The van der Waals surface area contributed by atoms with Gasteiger partial charge in [-0.2, -0.15) is 5.48 Å². The van der Waals surface area contributed by atoms with Gasteiger partial charge in [-0.3, -0.25) is 19.8 Å². The lowest BCUT2D eigenvalue weighted by Crippen LogP contribution is -2.74. The van der Waals surface area contributed by atoms with Crippen LogP contribution in [-0.2, 0) is 34.1 Å². The first kappa shape index (κ1) is 43.8. The van der Waals surface area contributed by atoms with E-state index in [2.05, 4.69) is 37.0 Å². The second-order valence-electron chi connectivity index (χ2n) is 14.8. The van der Waals surface area contributed by atoms with Crippen LogP contribution in [0.15, 0.2) is 119 Å². The lowest BCUT2D eigenvalue weighted by atomic mass is 9.94. The molecule has 2 aromatic heterocycles. The van der Waals surface area contributed by atoms with Gasteiger partial charge >= 0.3 is 0 Å². The monoisotopic (exact) mass is 882 g/mol. The summed E-state index contributed by atoms with van der Waals surface area (Å²) in [7, 11) is -4.34. The Morgan fingerprint density at radius 1 is 0.902 bits per heavy atom. The third-order valence-corrected chi connectivity index (χ3v) is 14.3. The molecule has 6 aromatic rings. The van der Waals surface area contributed by atoms with Crippen molar-refractivity contribution in [1.29, 1.82) is 0 Å². The molecule has 2 amide bonds. The molecular formula is C44H48N7O7S3+. The smallest absolute Gasteiger partial charge is 0.283 e. The highest BCUT2D eigenvalue weighted by Crippen LogP contribution is 2.30. The molecule has 0 saturated carbocycles. The molecule has 0 spiro atoms. The molecule has 2 aliphatic heterocycles. The van der Waals surface area contributed by atoms with Gasteiger partial charge in [0.15, 0.2) is 10.8 Å². The van der Waals surface area contributed by atoms with Crippen molar-refractivity contribution in [1.82, 2.24) is 19.6 Å². The molecule has 0 bridgehead atoms. The van der Waals surface area contributed by atoms with Crippen LogP contribution in [0.25, 0.3) is 10.2 Å². The molecule has 8 rings (SSSR count). The molecule has 61 heavy (non-hydrogen) atoms. The molecule has 1 fully saturated rings. The van der Waals surface area contributed by atoms with Gasteiger partial charge in [-0.25, -0.2) is 28.3 Å². The number of carbonyl (C=O) groups excluding carboxylic acids is 2. The Balaban J connectivity index is 0.00000561. The van der Waals surface area contributed by atoms with E-state index in [1.807, 2.05) is 59.5 Å². The van der Waals surface area contributed by atoms with Crippen LogP contribution in [0, 0.1) is 5.92 Å². The number of rotatable bonds is 15. The summed E-state index contributed by atoms with van der Waals surface area (Å²) in [5.74, 6) is 0.429. The summed E-state index contributed by atoms with van der Waals surface area (Å²) in [6, 6.07) is 33.1. The Morgan fingerprint density at radius 2 is 1.69 bits per heavy atom. The van der Waals surface area contributed by atoms with E-state index in [0.29, 0.717) is 48.1 Å². The second kappa shape index (κ2) is 20.1. The zero-order valence-corrected chi connectivity index (χ0v) is 35.8. The first-order valence-corrected chi connectivity index (χ1v) is 23.2. The number of morpholine rings is 1. The van der Waals surface area contributed by atoms with Gasteiger partial charge in [0.1, 0.15) is 11.5 Å². The number of fused-ring (bicyclic) bond motifs is 2. The second-order valence-corrected chi connectivity index (χ2v) is 18.6. The summed E-state index contributed by atoms with van der Waals surface area (Å²) >= 11 is 3.19. The third-order valence-electron chi connectivity index (χ3n) is 10.8. The van der Waals surface area contributed by atoms with E-state index in [-0.39, 0.29) is 27.9 Å². The van der Waals surface area contributed by atoms with E-state index in [0.717, 1.165) is 77.4 Å². The number of ether oxygens (including phenoxy) is 1. The van der Waals surface area contributed by atoms with Crippen LogP contribution in [-0.4, -0.2) is 90.9 Å². The van der Waals surface area contributed by atoms with Crippen LogP contribution >= 0.6 is 23.1 Å². The minimum atomic E-state index is -4.34. The molecule has 318 valence electrons. The number of quaternary nitrogens is 1. The van der Waals surface area contributed by atoms with E-state index in [4.69, 9.17) is 4.74 Å². The Bertz CT molecular complexity index is 2550. The summed E-state index contributed by atoms with van der Waals surface area (Å²) in [6.45, 7) is 5.11. The first-order chi connectivity index (χ1) is 29.2. The minimum absolute atomic E-state index is 0. The molecule has 17 heteroatoms. The molecule has 1 atom stereocenters. The lowest BCUT2D eigenvalue weighted by molar-refractivity contribution is -0.826. The number of thiazole rings is 1. The fraction of sp³-hybridized carbons (Fsp3) is 0.273. The molecule has 0 unspecified atom stereocenters. The molecule has 1 saturated heterocycles. The van der Waals surface area contributed by atoms with Gasteiger partial charge in [0.25, 0.3) is 21.8 Å². The number of carbonyl (C=O) groups is 2. The molecular weight excluding hydrogens is 835 g/mol. The average Bonchev–Trinajstić information content (AvgIpc) is 3.70. The van der Waals surface area contributed by atoms with Gasteiger partial charge in [0.05, 0.1) is 28.3 Å². The number of pyridine rings is 1. The van der Waals surface area contributed by atoms with Gasteiger partial charge < -0.3 is 15.1 Å². The molecule has 4 heterocycles. The van der Waals surface area contributed by atoms with E-state index in [1.165, 1.54) is 34.4 Å². The van der Waals surface area contributed by atoms with Crippen molar-refractivity contribution in [3.05, 3.63) is 137 Å². The molecule has 0 radical (unpaired) electrons. The molecule has 2 aliphatic rings. The standard InChI is InChI=1S/C44H45N7O6S3.H2O/c52-42(47-44-46-37-12-4-5-14-40(37)59-44)35-11-6-8-31-19-21-51(28-36(31)35)41-15-7-13-38(45-41)43(53)49-60(55,56)34-17-16-32(39(27-34)48-54)26-30(18-20-50-22-24-57-25-23-50)29-58-33-9-2-1-3-10-33;/h1-17,27,30,48,54H,18-26,28-29H2,(H,49,53)(H,46,47,52);1H2/p+1/t30-;/m0./s1. The summed E-state index contributed by atoms with van der Waals surface area (Å²) in [6.07, 6.45) is 2.21. The highest BCUT2D eigenvalue weighted by molar-refractivity contribution is 7.99. The van der Waals surface area contributed by atoms with Crippen molar-refractivity contribution < 1.29 is 38.9 Å². The first-order valence-electron chi connectivity index (χ1n) is 19.9. The predicted molar refractivity (Wildman–Crippen MR) is 237 cm³/mol. The number of para-hydroxylation sites is 1. The van der Waals surface area contributed by atoms with Crippen LogP contribution in [0.3, 0.4) is 0 Å². The average molecular weight is 883 g/mol. The van der Waals surface area contributed by atoms with Crippen molar-refractivity contribution in [3.8, 4) is 0 Å². The third kappa shape index (κ3) is 10.8. The zero-order chi connectivity index (χ0) is 41.5. The van der Waals surface area contributed by atoms with Crippen LogP contribution in [0.1, 0.15) is 44.0 Å². The summed E-state index contributed by atoms with van der Waals surface area (Å²) in [5, 5.41) is 13.8. The van der Waals surface area contributed by atoms with Crippen LogP contribution in [0.5, 0.6) is 0 Å². The quantitative estimate of drug-likeness (QED) is 0.0611. The van der Waals surface area contributed by atoms with E-state index >= 15 is 0 Å². The Labute approximate surface area is 362 Å². The van der Waals surface area contributed by atoms with Gasteiger partial charge in [0.2, 0.25) is 0 Å². The van der Waals surface area contributed by atoms with Gasteiger partial charge in [-0.1, -0.05) is 65.9 Å². The zero-order valence-electron chi connectivity index (χ0n) is 33.3. The number of hydrogen-bond donors (Lipinski definition) is 4. The topological polar surface area (TPSA) is 202 Å².